The molecule has 4 unspecified atom stereocenters. The summed E-state index contributed by atoms with van der Waals surface area (Å²) >= 11 is 0. The van der Waals surface area contributed by atoms with Crippen molar-refractivity contribution in [3.8, 4) is 0 Å². The highest BCUT2D eigenvalue weighted by molar-refractivity contribution is 4.93. The highest BCUT2D eigenvalue weighted by Gasteiger charge is 2.46. The molecule has 0 aromatic carbocycles. The Morgan fingerprint density at radius 2 is 2.36 bits per heavy atom. The number of hydrogen-bond acceptors (Lipinski definition) is 4. The van der Waals surface area contributed by atoms with Gasteiger partial charge in [-0.25, -0.2) is 0 Å². The van der Waals surface area contributed by atoms with Crippen molar-refractivity contribution >= 4 is 0 Å². The van der Waals surface area contributed by atoms with E-state index in [9.17, 15) is 5.11 Å². The van der Waals surface area contributed by atoms with E-state index in [1.807, 2.05) is 0 Å². The summed E-state index contributed by atoms with van der Waals surface area (Å²) in [6, 6.07) is 0. The maximum Gasteiger partial charge on any atom is 0.183 e. The van der Waals surface area contributed by atoms with Crippen molar-refractivity contribution < 1.29 is 14.6 Å². The van der Waals surface area contributed by atoms with E-state index in [1.54, 1.807) is 7.11 Å². The van der Waals surface area contributed by atoms with Gasteiger partial charge in [0.2, 0.25) is 0 Å². The van der Waals surface area contributed by atoms with Gasteiger partial charge < -0.3 is 19.9 Å². The molecule has 2 N–H and O–H groups in total. The van der Waals surface area contributed by atoms with Gasteiger partial charge in [0.15, 0.2) is 6.29 Å². The van der Waals surface area contributed by atoms with Crippen LogP contribution in [0.2, 0.25) is 0 Å². The lowest BCUT2D eigenvalue weighted by atomic mass is 10.0. The molecule has 2 rings (SSSR count). The minimum Gasteiger partial charge on any atom is -0.387 e. The largest absolute Gasteiger partial charge is 0.387 e. The molecule has 4 heteroatoms. The molecule has 0 spiro atoms. The molecule has 64 valence electrons. The number of fused-ring (bicyclic) bond motifs is 1. The first kappa shape index (κ1) is 7.49. The summed E-state index contributed by atoms with van der Waals surface area (Å²) in [5, 5.41) is 12.7. The van der Waals surface area contributed by atoms with Gasteiger partial charge in [-0.05, 0) is 0 Å². The summed E-state index contributed by atoms with van der Waals surface area (Å²) in [5.41, 5.74) is 0. The molecule has 2 heterocycles. The van der Waals surface area contributed by atoms with Crippen LogP contribution in [-0.4, -0.2) is 43.8 Å². The van der Waals surface area contributed by atoms with E-state index in [1.165, 1.54) is 0 Å². The lowest BCUT2D eigenvalue weighted by Crippen LogP contribution is -2.30. The maximum absolute atomic E-state index is 9.57. The van der Waals surface area contributed by atoms with Crippen molar-refractivity contribution in [2.45, 2.75) is 18.5 Å². The third-order valence-electron chi connectivity index (χ3n) is 2.46. The molecule has 0 aliphatic carbocycles. The number of hydrogen-bond donors (Lipinski definition) is 2. The molecule has 4 atom stereocenters. The third kappa shape index (κ3) is 1.06. The van der Waals surface area contributed by atoms with Gasteiger partial charge in [-0.1, -0.05) is 0 Å². The molecule has 2 aliphatic rings. The SMILES string of the molecule is COC1OC2CNCC2C1O. The number of aliphatic hydroxyl groups excluding tert-OH is 1. The van der Waals surface area contributed by atoms with Crippen LogP contribution in [-0.2, 0) is 9.47 Å². The number of nitrogens with one attached hydrogen (secondary N) is 1. The highest BCUT2D eigenvalue weighted by Crippen LogP contribution is 2.29. The van der Waals surface area contributed by atoms with Gasteiger partial charge >= 0.3 is 0 Å². The second-order valence-corrected chi connectivity index (χ2v) is 3.09. The van der Waals surface area contributed by atoms with Crippen LogP contribution in [0, 0.1) is 5.92 Å². The van der Waals surface area contributed by atoms with Crippen molar-refractivity contribution in [2.24, 2.45) is 5.92 Å². The van der Waals surface area contributed by atoms with E-state index < -0.39 is 12.4 Å². The van der Waals surface area contributed by atoms with Crippen LogP contribution in [0.4, 0.5) is 0 Å². The first-order valence-corrected chi connectivity index (χ1v) is 3.90. The van der Waals surface area contributed by atoms with Gasteiger partial charge in [-0.3, -0.25) is 0 Å². The highest BCUT2D eigenvalue weighted by atomic mass is 16.7. The standard InChI is InChI=1S/C7H13NO3/c1-10-7-6(9)4-2-8-3-5(4)11-7/h4-9H,2-3H2,1H3. The summed E-state index contributed by atoms with van der Waals surface area (Å²) in [4.78, 5) is 0. The Hall–Kier alpha value is -0.160. The van der Waals surface area contributed by atoms with Crippen LogP contribution >= 0.6 is 0 Å². The Balaban J connectivity index is 2.04. The predicted molar refractivity (Wildman–Crippen MR) is 38.0 cm³/mol. The molecule has 0 saturated carbocycles. The van der Waals surface area contributed by atoms with Gasteiger partial charge in [0, 0.05) is 26.1 Å². The van der Waals surface area contributed by atoms with Gasteiger partial charge in [0.05, 0.1) is 6.10 Å². The molecule has 0 amide bonds. The molecular weight excluding hydrogens is 146 g/mol. The first-order valence-electron chi connectivity index (χ1n) is 3.90. The van der Waals surface area contributed by atoms with E-state index >= 15 is 0 Å². The molecule has 11 heavy (non-hydrogen) atoms. The van der Waals surface area contributed by atoms with Gasteiger partial charge in [-0.15, -0.1) is 0 Å². The summed E-state index contributed by atoms with van der Waals surface area (Å²) < 4.78 is 10.4. The number of rotatable bonds is 1. The lowest BCUT2D eigenvalue weighted by molar-refractivity contribution is -0.148. The van der Waals surface area contributed by atoms with Crippen molar-refractivity contribution in [1.82, 2.24) is 5.32 Å². The third-order valence-corrected chi connectivity index (χ3v) is 2.46. The van der Waals surface area contributed by atoms with E-state index in [-0.39, 0.29) is 12.0 Å². The summed E-state index contributed by atoms with van der Waals surface area (Å²) in [5.74, 6) is 0.222. The average molecular weight is 159 g/mol. The normalized spacial score (nSPS) is 49.6. The zero-order chi connectivity index (χ0) is 7.84. The summed E-state index contributed by atoms with van der Waals surface area (Å²) in [7, 11) is 1.56. The van der Waals surface area contributed by atoms with Crippen molar-refractivity contribution in [2.75, 3.05) is 20.2 Å². The minimum absolute atomic E-state index is 0.148. The van der Waals surface area contributed by atoms with Gasteiger partial charge in [-0.2, -0.15) is 0 Å². The van der Waals surface area contributed by atoms with Crippen molar-refractivity contribution in [3.05, 3.63) is 0 Å². The zero-order valence-electron chi connectivity index (χ0n) is 6.49. The number of ether oxygens (including phenoxy) is 2. The molecular formula is C7H13NO3. The average Bonchev–Trinajstić information content (AvgIpc) is 2.53. The monoisotopic (exact) mass is 159 g/mol. The van der Waals surface area contributed by atoms with E-state index in [2.05, 4.69) is 5.32 Å². The maximum atomic E-state index is 9.57. The summed E-state index contributed by atoms with van der Waals surface area (Å²) in [6.07, 6.45) is -0.720. The molecule has 4 nitrogen and oxygen atoms in total. The molecule has 0 bridgehead atoms. The second-order valence-electron chi connectivity index (χ2n) is 3.09. The van der Waals surface area contributed by atoms with E-state index in [0.29, 0.717) is 0 Å². The van der Waals surface area contributed by atoms with Crippen LogP contribution < -0.4 is 5.32 Å². The second kappa shape index (κ2) is 2.71. The fourth-order valence-corrected chi connectivity index (χ4v) is 1.81. The van der Waals surface area contributed by atoms with Crippen molar-refractivity contribution in [3.63, 3.8) is 0 Å². The zero-order valence-corrected chi connectivity index (χ0v) is 6.49. The van der Waals surface area contributed by atoms with Gasteiger partial charge in [0.1, 0.15) is 6.10 Å². The first-order chi connectivity index (χ1) is 5.33. The number of methoxy groups -OCH3 is 1. The molecule has 2 aliphatic heterocycles. The Kier molecular flexibility index (Phi) is 1.85. The Labute approximate surface area is 65.5 Å². The molecule has 2 fully saturated rings. The fourth-order valence-electron chi connectivity index (χ4n) is 1.81. The number of aliphatic hydroxyl groups is 1. The fraction of sp³-hybridized carbons (Fsp3) is 1.00. The van der Waals surface area contributed by atoms with Gasteiger partial charge in [0.25, 0.3) is 0 Å². The molecule has 0 aromatic heterocycles. The Morgan fingerprint density at radius 1 is 1.55 bits per heavy atom. The van der Waals surface area contributed by atoms with E-state index in [0.717, 1.165) is 13.1 Å². The van der Waals surface area contributed by atoms with Crippen LogP contribution in [0.1, 0.15) is 0 Å². The Bertz CT molecular complexity index is 153. The van der Waals surface area contributed by atoms with E-state index in [4.69, 9.17) is 9.47 Å². The van der Waals surface area contributed by atoms with Crippen LogP contribution in [0.5, 0.6) is 0 Å². The topological polar surface area (TPSA) is 50.7 Å². The Morgan fingerprint density at radius 3 is 3.00 bits per heavy atom. The van der Waals surface area contributed by atoms with Crippen LogP contribution in [0.3, 0.4) is 0 Å². The molecule has 2 saturated heterocycles. The predicted octanol–water partition coefficient (Wildman–Crippen LogP) is -1.06. The summed E-state index contributed by atoms with van der Waals surface area (Å²) in [6.45, 7) is 1.67. The quantitative estimate of drug-likeness (QED) is 0.512. The lowest BCUT2D eigenvalue weighted by Gasteiger charge is -2.14. The van der Waals surface area contributed by atoms with Crippen LogP contribution in [0.15, 0.2) is 0 Å². The smallest absolute Gasteiger partial charge is 0.183 e. The van der Waals surface area contributed by atoms with Crippen LogP contribution in [0.25, 0.3) is 0 Å². The van der Waals surface area contributed by atoms with Crippen molar-refractivity contribution in [1.29, 1.82) is 0 Å². The minimum atomic E-state index is -0.458. The molecule has 0 radical (unpaired) electrons. The molecule has 0 aromatic rings.